The van der Waals surface area contributed by atoms with E-state index >= 15 is 0 Å². The minimum atomic E-state index is -0.420. The van der Waals surface area contributed by atoms with E-state index in [1.54, 1.807) is 0 Å². The number of nitrogens with one attached hydrogen (secondary N) is 1. The Bertz CT molecular complexity index is 291. The Kier molecular flexibility index (Phi) is 15.2. The number of hydrogen-bond acceptors (Lipinski definition) is 4. The second kappa shape index (κ2) is 15.7. The maximum atomic E-state index is 11.4. The van der Waals surface area contributed by atoms with Crippen LogP contribution < -0.4 is 11.1 Å². The Hall–Kier alpha value is -0.810. The first-order valence-corrected chi connectivity index (χ1v) is 9.70. The van der Waals surface area contributed by atoms with Gasteiger partial charge in [-0.1, -0.05) is 38.5 Å². The predicted molar refractivity (Wildman–Crippen MR) is 100 cm³/mol. The molecule has 0 unspecified atom stereocenters. The van der Waals surface area contributed by atoms with Gasteiger partial charge in [0.05, 0.1) is 0 Å². The maximum absolute atomic E-state index is 11.4. The number of carbonyl (C=O) groups excluding carboxylic acids is 1. The van der Waals surface area contributed by atoms with E-state index < -0.39 is 5.60 Å². The lowest BCUT2D eigenvalue weighted by molar-refractivity contribution is 0.0527. The minimum Gasteiger partial charge on any atom is -0.444 e. The molecule has 0 saturated carbocycles. The molecular formula is C19H40N2O3. The van der Waals surface area contributed by atoms with Gasteiger partial charge in [0.15, 0.2) is 0 Å². The Morgan fingerprint density at radius 3 is 1.88 bits per heavy atom. The molecule has 0 aromatic rings. The summed E-state index contributed by atoms with van der Waals surface area (Å²) in [5.41, 5.74) is 5.04. The molecule has 0 heterocycles. The van der Waals surface area contributed by atoms with Crippen LogP contribution in [0.2, 0.25) is 0 Å². The summed E-state index contributed by atoms with van der Waals surface area (Å²) in [6, 6.07) is 0. The van der Waals surface area contributed by atoms with Crippen molar-refractivity contribution in [1.29, 1.82) is 0 Å². The number of ether oxygens (including phenoxy) is 2. The van der Waals surface area contributed by atoms with E-state index in [0.29, 0.717) is 6.54 Å². The summed E-state index contributed by atoms with van der Waals surface area (Å²) in [6.07, 6.45) is 11.4. The lowest BCUT2D eigenvalue weighted by Crippen LogP contribution is -2.32. The molecule has 5 heteroatoms. The molecule has 0 aromatic heterocycles. The molecule has 0 rings (SSSR count). The Morgan fingerprint density at radius 1 is 0.833 bits per heavy atom. The molecule has 0 aromatic carbocycles. The molecule has 0 spiro atoms. The van der Waals surface area contributed by atoms with Gasteiger partial charge in [-0.2, -0.15) is 0 Å². The Balaban J connectivity index is 3.14. The van der Waals surface area contributed by atoms with E-state index in [2.05, 4.69) is 5.32 Å². The van der Waals surface area contributed by atoms with Crippen LogP contribution in [-0.4, -0.2) is 38.0 Å². The average Bonchev–Trinajstić information content (AvgIpc) is 2.49. The fraction of sp³-hybridized carbons (Fsp3) is 0.947. The predicted octanol–water partition coefficient (Wildman–Crippen LogP) is 4.39. The summed E-state index contributed by atoms with van der Waals surface area (Å²) in [5.74, 6) is 0. The first-order valence-electron chi connectivity index (χ1n) is 9.70. The number of nitrogens with two attached hydrogens (primary N) is 1. The Morgan fingerprint density at radius 2 is 1.33 bits per heavy atom. The first kappa shape index (κ1) is 23.2. The van der Waals surface area contributed by atoms with Gasteiger partial charge in [0.1, 0.15) is 5.60 Å². The van der Waals surface area contributed by atoms with Gasteiger partial charge in [-0.25, -0.2) is 4.79 Å². The molecule has 0 radical (unpaired) electrons. The van der Waals surface area contributed by atoms with Crippen molar-refractivity contribution in [2.75, 3.05) is 26.3 Å². The molecule has 24 heavy (non-hydrogen) atoms. The van der Waals surface area contributed by atoms with Crippen molar-refractivity contribution in [1.82, 2.24) is 5.32 Å². The second-order valence-electron chi connectivity index (χ2n) is 7.37. The summed E-state index contributed by atoms with van der Waals surface area (Å²) in [6.45, 7) is 8.90. The van der Waals surface area contributed by atoms with Crippen LogP contribution in [0.25, 0.3) is 0 Å². The van der Waals surface area contributed by atoms with Crippen LogP contribution in [0.3, 0.4) is 0 Å². The SMILES string of the molecule is CC(C)(C)OC(=O)NCCCCCCCCOCCCCCCN. The molecule has 5 nitrogen and oxygen atoms in total. The fourth-order valence-electron chi connectivity index (χ4n) is 2.34. The van der Waals surface area contributed by atoms with Gasteiger partial charge in [-0.3, -0.25) is 0 Å². The minimum absolute atomic E-state index is 0.317. The van der Waals surface area contributed by atoms with E-state index in [-0.39, 0.29) is 6.09 Å². The van der Waals surface area contributed by atoms with Crippen LogP contribution in [0.15, 0.2) is 0 Å². The normalized spacial score (nSPS) is 11.5. The van der Waals surface area contributed by atoms with E-state index in [4.69, 9.17) is 15.2 Å². The van der Waals surface area contributed by atoms with Crippen molar-refractivity contribution >= 4 is 6.09 Å². The van der Waals surface area contributed by atoms with Crippen molar-refractivity contribution in [3.63, 3.8) is 0 Å². The molecule has 144 valence electrons. The first-order chi connectivity index (χ1) is 11.5. The maximum Gasteiger partial charge on any atom is 0.407 e. The summed E-state index contributed by atoms with van der Waals surface area (Å²) < 4.78 is 10.8. The molecule has 0 aliphatic heterocycles. The van der Waals surface area contributed by atoms with Crippen LogP contribution in [0.4, 0.5) is 4.79 Å². The standard InChI is InChI=1S/C19H40N2O3/c1-19(2,3)24-18(22)21-15-11-7-4-5-8-12-16-23-17-13-9-6-10-14-20/h4-17,20H2,1-3H3,(H,21,22). The lowest BCUT2D eigenvalue weighted by Gasteiger charge is -2.19. The van der Waals surface area contributed by atoms with Crippen molar-refractivity contribution < 1.29 is 14.3 Å². The number of hydrogen-bond donors (Lipinski definition) is 2. The van der Waals surface area contributed by atoms with E-state index in [0.717, 1.165) is 51.9 Å². The van der Waals surface area contributed by atoms with Gasteiger partial charge < -0.3 is 20.5 Å². The van der Waals surface area contributed by atoms with E-state index in [9.17, 15) is 4.79 Å². The van der Waals surface area contributed by atoms with Gasteiger partial charge >= 0.3 is 6.09 Å². The van der Waals surface area contributed by atoms with Crippen LogP contribution >= 0.6 is 0 Å². The highest BCUT2D eigenvalue weighted by Gasteiger charge is 2.15. The van der Waals surface area contributed by atoms with Gasteiger partial charge in [-0.05, 0) is 53.0 Å². The van der Waals surface area contributed by atoms with Gasteiger partial charge in [0.2, 0.25) is 0 Å². The zero-order valence-corrected chi connectivity index (χ0v) is 16.2. The smallest absolute Gasteiger partial charge is 0.407 e. The number of amides is 1. The third-order valence-electron chi connectivity index (χ3n) is 3.63. The van der Waals surface area contributed by atoms with Crippen LogP contribution in [0.1, 0.15) is 85.0 Å². The number of rotatable bonds is 15. The highest BCUT2D eigenvalue weighted by molar-refractivity contribution is 5.67. The van der Waals surface area contributed by atoms with Crippen molar-refractivity contribution in [2.45, 2.75) is 90.6 Å². The molecule has 3 N–H and O–H groups in total. The zero-order valence-electron chi connectivity index (χ0n) is 16.2. The van der Waals surface area contributed by atoms with Crippen LogP contribution in [0, 0.1) is 0 Å². The number of carbonyl (C=O) groups is 1. The van der Waals surface area contributed by atoms with Crippen LogP contribution in [-0.2, 0) is 9.47 Å². The molecule has 0 saturated heterocycles. The highest BCUT2D eigenvalue weighted by atomic mass is 16.6. The van der Waals surface area contributed by atoms with Crippen molar-refractivity contribution in [3.8, 4) is 0 Å². The van der Waals surface area contributed by atoms with Crippen molar-refractivity contribution in [2.24, 2.45) is 5.73 Å². The van der Waals surface area contributed by atoms with Gasteiger partial charge in [0.25, 0.3) is 0 Å². The highest BCUT2D eigenvalue weighted by Crippen LogP contribution is 2.08. The lowest BCUT2D eigenvalue weighted by atomic mass is 10.1. The molecule has 0 fully saturated rings. The number of unbranched alkanes of at least 4 members (excludes halogenated alkanes) is 8. The summed E-state index contributed by atoms with van der Waals surface area (Å²) in [5, 5.41) is 2.79. The number of alkyl carbamates (subject to hydrolysis) is 1. The quantitative estimate of drug-likeness (QED) is 0.432. The molecule has 0 aliphatic carbocycles. The zero-order chi connectivity index (χ0) is 18.1. The average molecular weight is 345 g/mol. The van der Waals surface area contributed by atoms with E-state index in [1.807, 2.05) is 20.8 Å². The summed E-state index contributed by atoms with van der Waals surface area (Å²) in [7, 11) is 0. The van der Waals surface area contributed by atoms with Gasteiger partial charge in [-0.15, -0.1) is 0 Å². The fourth-order valence-corrected chi connectivity index (χ4v) is 2.34. The molecule has 0 bridgehead atoms. The second-order valence-corrected chi connectivity index (χ2v) is 7.37. The molecule has 0 aliphatic rings. The monoisotopic (exact) mass is 344 g/mol. The largest absolute Gasteiger partial charge is 0.444 e. The molecule has 0 atom stereocenters. The molecular weight excluding hydrogens is 304 g/mol. The third-order valence-corrected chi connectivity index (χ3v) is 3.63. The summed E-state index contributed by atoms with van der Waals surface area (Å²) in [4.78, 5) is 11.4. The Labute approximate surface area is 149 Å². The summed E-state index contributed by atoms with van der Waals surface area (Å²) >= 11 is 0. The molecule has 1 amide bonds. The van der Waals surface area contributed by atoms with Crippen molar-refractivity contribution in [3.05, 3.63) is 0 Å². The van der Waals surface area contributed by atoms with E-state index in [1.165, 1.54) is 32.1 Å². The topological polar surface area (TPSA) is 73.6 Å². The van der Waals surface area contributed by atoms with Crippen LogP contribution in [0.5, 0.6) is 0 Å². The third kappa shape index (κ3) is 19.2. The van der Waals surface area contributed by atoms with Gasteiger partial charge in [0, 0.05) is 19.8 Å².